The van der Waals surface area contributed by atoms with Gasteiger partial charge in [0.2, 0.25) is 23.6 Å². The van der Waals surface area contributed by atoms with E-state index in [1.54, 1.807) is 20.8 Å². The lowest BCUT2D eigenvalue weighted by Crippen LogP contribution is -2.60. The number of cyclic esters (lactones) is 1. The number of likely N-dealkylation sites (N-methyl/N-ethyl adjacent to an activating group) is 2. The minimum absolute atomic E-state index is 0.0850. The quantitative estimate of drug-likeness (QED) is 0.362. The summed E-state index contributed by atoms with van der Waals surface area (Å²) in [5, 5.41) is 5.47. The van der Waals surface area contributed by atoms with Gasteiger partial charge in [-0.3, -0.25) is 28.8 Å². The molecule has 0 spiro atoms. The molecule has 2 saturated heterocycles. The summed E-state index contributed by atoms with van der Waals surface area (Å²) in [6.45, 7) is 9.05. The molecule has 12 heteroatoms. The van der Waals surface area contributed by atoms with Crippen LogP contribution in [-0.4, -0.2) is 108 Å². The highest BCUT2D eigenvalue weighted by Gasteiger charge is 2.42. The van der Waals surface area contributed by atoms with Gasteiger partial charge in [-0.2, -0.15) is 0 Å². The van der Waals surface area contributed by atoms with E-state index in [1.165, 1.54) is 28.8 Å². The van der Waals surface area contributed by atoms with Crippen LogP contribution >= 0.6 is 0 Å². The second-order valence-corrected chi connectivity index (χ2v) is 11.3. The fourth-order valence-corrected chi connectivity index (χ4v) is 5.19. The summed E-state index contributed by atoms with van der Waals surface area (Å²) in [5.74, 6) is -1.44. The van der Waals surface area contributed by atoms with Crippen molar-refractivity contribution in [3.8, 4) is 12.3 Å². The first-order valence-electron chi connectivity index (χ1n) is 14.3. The molecule has 6 atom stereocenters. The molecule has 2 fully saturated rings. The number of fused-ring (bicyclic) bond motifs is 1. The first-order chi connectivity index (χ1) is 19.3. The maximum atomic E-state index is 13.9. The average molecular weight is 576 g/mol. The third-order valence-corrected chi connectivity index (χ3v) is 8.05. The molecule has 228 valence electrons. The van der Waals surface area contributed by atoms with E-state index in [2.05, 4.69) is 16.6 Å². The zero-order valence-corrected chi connectivity index (χ0v) is 25.3. The summed E-state index contributed by atoms with van der Waals surface area (Å²) in [5.41, 5.74) is 0. The molecular weight excluding hydrogens is 530 g/mol. The summed E-state index contributed by atoms with van der Waals surface area (Å²) >= 11 is 0. The molecule has 0 aromatic carbocycles. The van der Waals surface area contributed by atoms with E-state index in [-0.39, 0.29) is 37.8 Å². The van der Waals surface area contributed by atoms with Gasteiger partial charge < -0.3 is 30.1 Å². The van der Waals surface area contributed by atoms with Crippen molar-refractivity contribution >= 4 is 35.5 Å². The Morgan fingerprint density at radius 1 is 1.00 bits per heavy atom. The number of esters is 1. The molecule has 2 rings (SSSR count). The molecule has 5 amide bonds. The van der Waals surface area contributed by atoms with Crippen molar-refractivity contribution in [3.63, 3.8) is 0 Å². The zero-order chi connectivity index (χ0) is 31.0. The van der Waals surface area contributed by atoms with Gasteiger partial charge in [-0.15, -0.1) is 12.3 Å². The van der Waals surface area contributed by atoms with Crippen LogP contribution in [0.25, 0.3) is 0 Å². The van der Waals surface area contributed by atoms with Crippen molar-refractivity contribution in [1.29, 1.82) is 0 Å². The van der Waals surface area contributed by atoms with E-state index in [0.29, 0.717) is 19.3 Å². The number of hydrogen-bond donors (Lipinski definition) is 2. The lowest BCUT2D eigenvalue weighted by molar-refractivity contribution is -0.161. The van der Waals surface area contributed by atoms with Crippen LogP contribution in [0.15, 0.2) is 0 Å². The fourth-order valence-electron chi connectivity index (χ4n) is 5.19. The molecule has 0 radical (unpaired) electrons. The molecule has 2 aliphatic heterocycles. The molecule has 0 saturated carbocycles. The largest absolute Gasteiger partial charge is 0.451 e. The van der Waals surface area contributed by atoms with Gasteiger partial charge in [-0.25, -0.2) is 0 Å². The smallest absolute Gasteiger partial charge is 0.308 e. The topological polar surface area (TPSA) is 145 Å². The third-order valence-electron chi connectivity index (χ3n) is 8.05. The van der Waals surface area contributed by atoms with E-state index in [9.17, 15) is 28.8 Å². The molecule has 0 bridgehead atoms. The number of rotatable bonds is 4. The van der Waals surface area contributed by atoms with Crippen LogP contribution in [-0.2, 0) is 33.5 Å². The van der Waals surface area contributed by atoms with Crippen molar-refractivity contribution in [2.45, 2.75) is 97.0 Å². The Hall–Kier alpha value is -3.62. The monoisotopic (exact) mass is 575 g/mol. The van der Waals surface area contributed by atoms with Crippen LogP contribution in [0.5, 0.6) is 0 Å². The predicted molar refractivity (Wildman–Crippen MR) is 151 cm³/mol. The highest BCUT2D eigenvalue weighted by atomic mass is 16.5. The van der Waals surface area contributed by atoms with Gasteiger partial charge in [0, 0.05) is 27.2 Å². The van der Waals surface area contributed by atoms with Gasteiger partial charge in [-0.1, -0.05) is 34.1 Å². The van der Waals surface area contributed by atoms with Crippen molar-refractivity contribution < 1.29 is 33.5 Å². The zero-order valence-electron chi connectivity index (χ0n) is 25.3. The Morgan fingerprint density at radius 2 is 1.66 bits per heavy atom. The van der Waals surface area contributed by atoms with Gasteiger partial charge in [0.15, 0.2) is 6.10 Å². The van der Waals surface area contributed by atoms with Gasteiger partial charge in [0.1, 0.15) is 24.2 Å². The minimum atomic E-state index is -1.29. The number of nitrogens with zero attached hydrogens (tertiary/aromatic N) is 3. The standard InChI is InChI=1S/C29H45N5O7/c1-9-12-21-27(38)34-16-11-13-20(34)26(37)31-23(18(5)10-2)28(39)33(8)24(17(3)4)29(40)32(7)19(6)25(36)30-15-14-22(35)41-21/h1,17-21,23-24H,10-16H2,2-8H3,(H,30,36)(H,31,37)/t18-,19-,20+,21-,23+,24-/m0/s1. The second kappa shape index (κ2) is 14.8. The Labute approximate surface area is 242 Å². The van der Waals surface area contributed by atoms with Crippen molar-refractivity contribution in [2.75, 3.05) is 27.2 Å². The number of nitrogens with one attached hydrogen (secondary N) is 2. The predicted octanol–water partition coefficient (Wildman–Crippen LogP) is 0.293. The van der Waals surface area contributed by atoms with Gasteiger partial charge in [-0.05, 0) is 31.6 Å². The summed E-state index contributed by atoms with van der Waals surface area (Å²) in [4.78, 5) is 83.8. The van der Waals surface area contributed by atoms with Gasteiger partial charge in [0.05, 0.1) is 12.8 Å². The van der Waals surface area contributed by atoms with Crippen LogP contribution in [0, 0.1) is 24.2 Å². The SMILES string of the molecule is C#CC[C@@H]1OC(=O)CCNC(=O)[C@H](C)N(C)C(=O)[C@H](C(C)C)N(C)C(=O)[C@@H]([C@@H](C)CC)NC(=O)[C@H]2CCCN2C1=O. The van der Waals surface area contributed by atoms with E-state index < -0.39 is 65.8 Å². The summed E-state index contributed by atoms with van der Waals surface area (Å²) in [6.07, 6.45) is 5.23. The van der Waals surface area contributed by atoms with E-state index in [1.807, 2.05) is 13.8 Å². The summed E-state index contributed by atoms with van der Waals surface area (Å²) in [7, 11) is 3.00. The third kappa shape index (κ3) is 7.99. The van der Waals surface area contributed by atoms with Crippen molar-refractivity contribution in [3.05, 3.63) is 0 Å². The first kappa shape index (κ1) is 33.6. The number of carbonyl (C=O) groups is 6. The maximum absolute atomic E-state index is 13.9. The molecule has 2 aliphatic rings. The fraction of sp³-hybridized carbons (Fsp3) is 0.724. The molecule has 0 aliphatic carbocycles. The minimum Gasteiger partial charge on any atom is -0.451 e. The molecular formula is C29H45N5O7. The molecule has 2 N–H and O–H groups in total. The second-order valence-electron chi connectivity index (χ2n) is 11.3. The number of terminal acetylenes is 1. The van der Waals surface area contributed by atoms with Crippen LogP contribution in [0.1, 0.15) is 66.7 Å². The van der Waals surface area contributed by atoms with Crippen LogP contribution in [0.2, 0.25) is 0 Å². The molecule has 12 nitrogen and oxygen atoms in total. The Balaban J connectivity index is 2.53. The van der Waals surface area contributed by atoms with E-state index in [0.717, 1.165) is 0 Å². The Bertz CT molecular complexity index is 1050. The lowest BCUT2D eigenvalue weighted by atomic mass is 9.94. The highest BCUT2D eigenvalue weighted by molar-refractivity contribution is 5.96. The first-order valence-corrected chi connectivity index (χ1v) is 14.3. The highest BCUT2D eigenvalue weighted by Crippen LogP contribution is 2.23. The molecule has 2 heterocycles. The molecule has 0 aromatic heterocycles. The summed E-state index contributed by atoms with van der Waals surface area (Å²) < 4.78 is 5.38. The van der Waals surface area contributed by atoms with Crippen LogP contribution < -0.4 is 10.6 Å². The Morgan fingerprint density at radius 3 is 2.24 bits per heavy atom. The van der Waals surface area contributed by atoms with Crippen molar-refractivity contribution in [2.24, 2.45) is 11.8 Å². The number of carbonyl (C=O) groups excluding carboxylic acids is 6. The van der Waals surface area contributed by atoms with Gasteiger partial charge in [0.25, 0.3) is 5.91 Å². The van der Waals surface area contributed by atoms with E-state index >= 15 is 0 Å². The molecule has 0 unspecified atom stereocenters. The van der Waals surface area contributed by atoms with E-state index in [4.69, 9.17) is 11.2 Å². The normalized spacial score (nSPS) is 28.7. The maximum Gasteiger partial charge on any atom is 0.308 e. The van der Waals surface area contributed by atoms with Crippen LogP contribution in [0.4, 0.5) is 0 Å². The average Bonchev–Trinajstić information content (AvgIpc) is 3.43. The van der Waals surface area contributed by atoms with Crippen molar-refractivity contribution in [1.82, 2.24) is 25.3 Å². The number of ether oxygens (including phenoxy) is 1. The number of amides is 5. The lowest BCUT2D eigenvalue weighted by Gasteiger charge is -2.38. The molecule has 41 heavy (non-hydrogen) atoms. The summed E-state index contributed by atoms with van der Waals surface area (Å²) in [6, 6.07) is -3.64. The van der Waals surface area contributed by atoms with Crippen LogP contribution in [0.3, 0.4) is 0 Å². The number of hydrogen-bond acceptors (Lipinski definition) is 7. The molecule has 0 aromatic rings. The Kier molecular flexibility index (Phi) is 12.2. The van der Waals surface area contributed by atoms with Gasteiger partial charge >= 0.3 is 5.97 Å².